The molecule has 0 aliphatic heterocycles. The Morgan fingerprint density at radius 2 is 1.91 bits per heavy atom. The number of rotatable bonds is 4. The van der Waals surface area contributed by atoms with Crippen LogP contribution in [0.15, 0.2) is 22.7 Å². The first-order chi connectivity index (χ1) is 10.5. The van der Waals surface area contributed by atoms with E-state index >= 15 is 0 Å². The average Bonchev–Trinajstić information content (AvgIpc) is 3.18. The Bertz CT molecular complexity index is 644. The Hall–Kier alpha value is -1.64. The van der Waals surface area contributed by atoms with E-state index in [1.807, 2.05) is 0 Å². The van der Waals surface area contributed by atoms with Crippen molar-refractivity contribution in [2.75, 3.05) is 0 Å². The van der Waals surface area contributed by atoms with Gasteiger partial charge in [-0.15, -0.1) is 0 Å². The highest BCUT2D eigenvalue weighted by atomic mass is 79.9. The molecule has 0 heterocycles. The zero-order valence-corrected chi connectivity index (χ0v) is 13.5. The number of hydrogen-bond acceptors (Lipinski definition) is 2. The minimum Gasteiger partial charge on any atom is -0.347 e. The Balaban J connectivity index is 2.05. The van der Waals surface area contributed by atoms with Crippen LogP contribution in [0.2, 0.25) is 0 Å². The third kappa shape index (κ3) is 4.01. The van der Waals surface area contributed by atoms with Gasteiger partial charge < -0.3 is 10.6 Å². The van der Waals surface area contributed by atoms with Gasteiger partial charge in [-0.25, -0.2) is 4.39 Å². The minimum absolute atomic E-state index is 0.107. The van der Waals surface area contributed by atoms with Crippen molar-refractivity contribution < 1.29 is 27.2 Å². The molecule has 0 unspecified atom stereocenters. The maximum absolute atomic E-state index is 13.8. The molecular weight excluding hydrogens is 384 g/mol. The largest absolute Gasteiger partial charge is 0.471 e. The van der Waals surface area contributed by atoms with E-state index in [0.29, 0.717) is 4.47 Å². The summed E-state index contributed by atoms with van der Waals surface area (Å²) >= 11 is 3.10. The molecule has 2 N–H and O–H groups in total. The van der Waals surface area contributed by atoms with E-state index in [1.165, 1.54) is 19.1 Å². The number of carbonyl (C=O) groups excluding carboxylic acids is 2. The lowest BCUT2D eigenvalue weighted by atomic mass is 10.1. The fourth-order valence-electron chi connectivity index (χ4n) is 2.09. The topological polar surface area (TPSA) is 58.2 Å². The fourth-order valence-corrected chi connectivity index (χ4v) is 2.42. The van der Waals surface area contributed by atoms with Gasteiger partial charge in [0.15, 0.2) is 0 Å². The highest BCUT2D eigenvalue weighted by Gasteiger charge is 2.55. The van der Waals surface area contributed by atoms with Crippen LogP contribution >= 0.6 is 15.9 Å². The van der Waals surface area contributed by atoms with Crippen molar-refractivity contribution in [2.24, 2.45) is 0 Å². The third-order valence-corrected chi connectivity index (χ3v) is 4.06. The van der Waals surface area contributed by atoms with Gasteiger partial charge in [-0.05, 0) is 31.9 Å². The molecule has 0 radical (unpaired) electrons. The Kier molecular flexibility index (Phi) is 4.70. The summed E-state index contributed by atoms with van der Waals surface area (Å²) in [4.78, 5) is 23.1. The van der Waals surface area contributed by atoms with Crippen LogP contribution in [0.1, 0.15) is 31.4 Å². The molecule has 23 heavy (non-hydrogen) atoms. The summed E-state index contributed by atoms with van der Waals surface area (Å²) in [6.07, 6.45) is -4.84. The van der Waals surface area contributed by atoms with Crippen molar-refractivity contribution in [2.45, 2.75) is 37.5 Å². The maximum atomic E-state index is 13.8. The lowest BCUT2D eigenvalue weighted by Crippen LogP contribution is -2.53. The van der Waals surface area contributed by atoms with Crippen molar-refractivity contribution in [3.8, 4) is 0 Å². The number of hydrogen-bond donors (Lipinski definition) is 2. The monoisotopic (exact) mass is 396 g/mol. The number of nitrogens with one attached hydrogen (secondary N) is 2. The molecular formula is C14H13BrF4N2O2. The van der Waals surface area contributed by atoms with E-state index in [-0.39, 0.29) is 18.4 Å². The van der Waals surface area contributed by atoms with Gasteiger partial charge in [-0.3, -0.25) is 9.59 Å². The van der Waals surface area contributed by atoms with E-state index in [4.69, 9.17) is 0 Å². The molecule has 9 heteroatoms. The second-order valence-corrected chi connectivity index (χ2v) is 6.31. The van der Waals surface area contributed by atoms with Gasteiger partial charge in [0.25, 0.3) is 0 Å². The van der Waals surface area contributed by atoms with Crippen molar-refractivity contribution in [3.63, 3.8) is 0 Å². The standard InChI is InChI=1S/C14H13BrF4N2O2/c1-7(9-3-2-8(15)6-10(9)16)20-11(22)13(4-5-13)21-12(23)14(17,18)19/h2-3,6-7H,4-5H2,1H3,(H,20,22)(H,21,23)/t7-/m1/s1. The Labute approximate surface area is 137 Å². The quantitative estimate of drug-likeness (QED) is 0.768. The van der Waals surface area contributed by atoms with Gasteiger partial charge in [-0.2, -0.15) is 13.2 Å². The number of halogens is 5. The lowest BCUT2D eigenvalue weighted by molar-refractivity contribution is -0.175. The van der Waals surface area contributed by atoms with E-state index in [2.05, 4.69) is 21.2 Å². The zero-order valence-electron chi connectivity index (χ0n) is 11.9. The van der Waals surface area contributed by atoms with Crippen LogP contribution in [0.3, 0.4) is 0 Å². The molecule has 1 fully saturated rings. The number of carbonyl (C=O) groups is 2. The average molecular weight is 397 g/mol. The number of benzene rings is 1. The summed E-state index contributed by atoms with van der Waals surface area (Å²) in [6, 6.07) is 3.50. The smallest absolute Gasteiger partial charge is 0.347 e. The first-order valence-electron chi connectivity index (χ1n) is 6.70. The molecule has 2 rings (SSSR count). The molecule has 1 aromatic rings. The van der Waals surface area contributed by atoms with Crippen LogP contribution in [0.4, 0.5) is 17.6 Å². The van der Waals surface area contributed by atoms with Crippen LogP contribution in [0.25, 0.3) is 0 Å². The third-order valence-electron chi connectivity index (χ3n) is 3.57. The van der Waals surface area contributed by atoms with E-state index in [1.54, 1.807) is 11.4 Å². The predicted molar refractivity (Wildman–Crippen MR) is 76.8 cm³/mol. The molecule has 1 atom stereocenters. The van der Waals surface area contributed by atoms with Gasteiger partial charge in [0, 0.05) is 10.0 Å². The first kappa shape index (κ1) is 17.7. The highest BCUT2D eigenvalue weighted by molar-refractivity contribution is 9.10. The molecule has 0 saturated heterocycles. The summed E-state index contributed by atoms with van der Waals surface area (Å²) in [5.41, 5.74) is -1.37. The molecule has 0 spiro atoms. The summed E-state index contributed by atoms with van der Waals surface area (Å²) < 4.78 is 51.2. The predicted octanol–water partition coefficient (Wildman–Crippen LogP) is 2.98. The minimum atomic E-state index is -5.06. The van der Waals surface area contributed by atoms with Crippen LogP contribution < -0.4 is 10.6 Å². The van der Waals surface area contributed by atoms with Gasteiger partial charge in [-0.1, -0.05) is 22.0 Å². The molecule has 1 aliphatic rings. The van der Waals surface area contributed by atoms with Crippen molar-refractivity contribution >= 4 is 27.7 Å². The van der Waals surface area contributed by atoms with E-state index in [0.717, 1.165) is 0 Å². The summed E-state index contributed by atoms with van der Waals surface area (Å²) in [6.45, 7) is 1.51. The van der Waals surface area contributed by atoms with Crippen molar-refractivity contribution in [1.82, 2.24) is 10.6 Å². The van der Waals surface area contributed by atoms with E-state index < -0.39 is 35.4 Å². The normalized spacial score (nSPS) is 17.3. The summed E-state index contributed by atoms with van der Waals surface area (Å²) in [7, 11) is 0. The second-order valence-electron chi connectivity index (χ2n) is 5.39. The highest BCUT2D eigenvalue weighted by Crippen LogP contribution is 2.37. The molecule has 126 valence electrons. The zero-order chi connectivity index (χ0) is 17.4. The first-order valence-corrected chi connectivity index (χ1v) is 7.50. The maximum Gasteiger partial charge on any atom is 0.471 e. The summed E-state index contributed by atoms with van der Waals surface area (Å²) in [5, 5.41) is 4.15. The van der Waals surface area contributed by atoms with E-state index in [9.17, 15) is 27.2 Å². The van der Waals surface area contributed by atoms with Crippen molar-refractivity contribution in [3.05, 3.63) is 34.1 Å². The van der Waals surface area contributed by atoms with Crippen LogP contribution in [-0.4, -0.2) is 23.5 Å². The van der Waals surface area contributed by atoms with Crippen LogP contribution in [-0.2, 0) is 9.59 Å². The molecule has 1 aliphatic carbocycles. The van der Waals surface area contributed by atoms with Crippen LogP contribution in [0, 0.1) is 5.82 Å². The lowest BCUT2D eigenvalue weighted by Gasteiger charge is -2.22. The number of alkyl halides is 3. The van der Waals surface area contributed by atoms with Crippen molar-refractivity contribution in [1.29, 1.82) is 0 Å². The van der Waals surface area contributed by atoms with Crippen LogP contribution in [0.5, 0.6) is 0 Å². The molecule has 4 nitrogen and oxygen atoms in total. The molecule has 1 saturated carbocycles. The van der Waals surface area contributed by atoms with Gasteiger partial charge in [0.1, 0.15) is 11.4 Å². The Morgan fingerprint density at radius 1 is 1.30 bits per heavy atom. The summed E-state index contributed by atoms with van der Waals surface area (Å²) in [5.74, 6) is -3.48. The molecule has 2 amide bonds. The molecule has 0 aromatic heterocycles. The van der Waals surface area contributed by atoms with Gasteiger partial charge in [0.2, 0.25) is 5.91 Å². The number of amides is 2. The second kappa shape index (κ2) is 6.10. The van der Waals surface area contributed by atoms with Gasteiger partial charge in [0.05, 0.1) is 6.04 Å². The van der Waals surface area contributed by atoms with Gasteiger partial charge >= 0.3 is 12.1 Å². The Morgan fingerprint density at radius 3 is 2.39 bits per heavy atom. The SMILES string of the molecule is C[C@@H](NC(=O)C1(NC(=O)C(F)(F)F)CC1)c1ccc(Br)cc1F. The molecule has 0 bridgehead atoms. The molecule has 1 aromatic carbocycles. The fraction of sp³-hybridized carbons (Fsp3) is 0.429.